The number of carbonyl (C=O) groups excluding carboxylic acids is 1. The van der Waals surface area contributed by atoms with Crippen molar-refractivity contribution in [3.8, 4) is 22.5 Å². The zero-order chi connectivity index (χ0) is 27.1. The molecule has 0 radical (unpaired) electrons. The van der Waals surface area contributed by atoms with Crippen LogP contribution in [-0.4, -0.2) is 45.1 Å². The lowest BCUT2D eigenvalue weighted by Gasteiger charge is -2.30. The van der Waals surface area contributed by atoms with Crippen molar-refractivity contribution < 1.29 is 18.0 Å². The van der Waals surface area contributed by atoms with E-state index in [0.29, 0.717) is 12.4 Å². The topological polar surface area (TPSA) is 78.0 Å². The molecule has 1 N–H and O–H groups in total. The standard InChI is InChI=1S/C28H29F3N6O/c1-3-4-9-18-37(27(38)36(2)25-13-8-7-12-24(25)28(29,30)31)19-20-14-16-21(17-15-20)22-10-5-6-11-23(22)26-32-34-35-33-26/h5-8,10-17H,3-4,9,18-19H2,1-2H3,(H,32,33,34,35). The van der Waals surface area contributed by atoms with Crippen LogP contribution in [0.2, 0.25) is 0 Å². The lowest BCUT2D eigenvalue weighted by molar-refractivity contribution is -0.137. The number of para-hydroxylation sites is 1. The fourth-order valence-electron chi connectivity index (χ4n) is 4.34. The fraction of sp³-hybridized carbons (Fsp3) is 0.286. The van der Waals surface area contributed by atoms with E-state index in [1.54, 1.807) is 4.90 Å². The van der Waals surface area contributed by atoms with Crippen molar-refractivity contribution in [2.24, 2.45) is 0 Å². The number of H-pyrrole nitrogens is 1. The number of tetrazole rings is 1. The maximum Gasteiger partial charge on any atom is 0.418 e. The average molecular weight is 523 g/mol. The van der Waals surface area contributed by atoms with Crippen molar-refractivity contribution in [1.82, 2.24) is 25.5 Å². The summed E-state index contributed by atoms with van der Waals surface area (Å²) < 4.78 is 40.8. The van der Waals surface area contributed by atoms with Crippen LogP contribution in [0.5, 0.6) is 0 Å². The van der Waals surface area contributed by atoms with Crippen LogP contribution in [0.1, 0.15) is 37.3 Å². The minimum Gasteiger partial charge on any atom is -0.320 e. The molecular formula is C28H29F3N6O. The maximum atomic E-state index is 13.6. The molecule has 10 heteroatoms. The third-order valence-electron chi connectivity index (χ3n) is 6.33. The molecule has 0 bridgehead atoms. The number of hydrogen-bond donors (Lipinski definition) is 1. The molecule has 4 rings (SSSR count). The zero-order valence-electron chi connectivity index (χ0n) is 21.2. The highest BCUT2D eigenvalue weighted by Crippen LogP contribution is 2.36. The van der Waals surface area contributed by atoms with Crippen molar-refractivity contribution in [1.29, 1.82) is 0 Å². The van der Waals surface area contributed by atoms with E-state index in [2.05, 4.69) is 27.5 Å². The number of unbranched alkanes of at least 4 members (excludes halogenated alkanes) is 2. The Hall–Kier alpha value is -4.21. The highest BCUT2D eigenvalue weighted by molar-refractivity contribution is 5.92. The van der Waals surface area contributed by atoms with Crippen molar-refractivity contribution >= 4 is 11.7 Å². The third-order valence-corrected chi connectivity index (χ3v) is 6.33. The van der Waals surface area contributed by atoms with Crippen LogP contribution < -0.4 is 4.90 Å². The first-order valence-electron chi connectivity index (χ1n) is 12.4. The Balaban J connectivity index is 1.57. The first-order chi connectivity index (χ1) is 18.3. The van der Waals surface area contributed by atoms with E-state index in [-0.39, 0.29) is 12.2 Å². The summed E-state index contributed by atoms with van der Waals surface area (Å²) in [7, 11) is 1.39. The van der Waals surface area contributed by atoms with Crippen molar-refractivity contribution in [3.05, 3.63) is 83.9 Å². The van der Waals surface area contributed by atoms with E-state index in [4.69, 9.17) is 0 Å². The Morgan fingerprint density at radius 1 is 0.921 bits per heavy atom. The Labute approximate surface area is 219 Å². The summed E-state index contributed by atoms with van der Waals surface area (Å²) >= 11 is 0. The van der Waals surface area contributed by atoms with Gasteiger partial charge in [0.05, 0.1) is 11.3 Å². The minimum absolute atomic E-state index is 0.167. The Kier molecular flexibility index (Phi) is 8.40. The number of carbonyl (C=O) groups is 1. The summed E-state index contributed by atoms with van der Waals surface area (Å²) in [6.45, 7) is 2.77. The number of rotatable bonds is 9. The zero-order valence-corrected chi connectivity index (χ0v) is 21.2. The van der Waals surface area contributed by atoms with Gasteiger partial charge in [0.25, 0.3) is 0 Å². The number of aromatic amines is 1. The molecule has 4 aromatic rings. The normalized spacial score (nSPS) is 11.4. The van der Waals surface area contributed by atoms with Gasteiger partial charge in [-0.2, -0.15) is 13.2 Å². The predicted molar refractivity (Wildman–Crippen MR) is 140 cm³/mol. The molecule has 38 heavy (non-hydrogen) atoms. The number of alkyl halides is 3. The molecular weight excluding hydrogens is 493 g/mol. The molecule has 0 aliphatic heterocycles. The molecule has 0 atom stereocenters. The smallest absolute Gasteiger partial charge is 0.320 e. The second kappa shape index (κ2) is 11.9. The highest BCUT2D eigenvalue weighted by Gasteiger charge is 2.35. The van der Waals surface area contributed by atoms with Crippen LogP contribution in [0.4, 0.5) is 23.7 Å². The molecule has 1 heterocycles. The number of urea groups is 1. The van der Waals surface area contributed by atoms with Crippen LogP contribution in [-0.2, 0) is 12.7 Å². The van der Waals surface area contributed by atoms with Crippen molar-refractivity contribution in [2.45, 2.75) is 38.9 Å². The molecule has 0 aliphatic carbocycles. The average Bonchev–Trinajstić information content (AvgIpc) is 3.47. The molecule has 0 aliphatic rings. The van der Waals surface area contributed by atoms with Gasteiger partial charge < -0.3 is 4.90 Å². The van der Waals surface area contributed by atoms with Gasteiger partial charge in [-0.15, -0.1) is 5.10 Å². The van der Waals surface area contributed by atoms with E-state index < -0.39 is 17.8 Å². The summed E-state index contributed by atoms with van der Waals surface area (Å²) in [5.74, 6) is 0.555. The molecule has 0 spiro atoms. The first kappa shape index (κ1) is 26.8. The lowest BCUT2D eigenvalue weighted by atomic mass is 9.98. The van der Waals surface area contributed by atoms with Gasteiger partial charge in [-0.05, 0) is 45.7 Å². The SMILES string of the molecule is CCCCCN(Cc1ccc(-c2ccccc2-c2nnn[nH]2)cc1)C(=O)N(C)c1ccccc1C(F)(F)F. The summed E-state index contributed by atoms with van der Waals surface area (Å²) in [5.41, 5.74) is 2.60. The number of amides is 2. The third kappa shape index (κ3) is 6.19. The number of nitrogens with zero attached hydrogens (tertiary/aromatic N) is 5. The summed E-state index contributed by atoms with van der Waals surface area (Å²) in [4.78, 5) is 16.1. The van der Waals surface area contributed by atoms with Crippen LogP contribution in [0.25, 0.3) is 22.5 Å². The van der Waals surface area contributed by atoms with Gasteiger partial charge >= 0.3 is 12.2 Å². The van der Waals surface area contributed by atoms with Crippen molar-refractivity contribution in [2.75, 3.05) is 18.5 Å². The molecule has 7 nitrogen and oxygen atoms in total. The molecule has 0 unspecified atom stereocenters. The summed E-state index contributed by atoms with van der Waals surface area (Å²) in [6.07, 6.45) is -1.93. The lowest BCUT2D eigenvalue weighted by Crippen LogP contribution is -2.42. The number of benzene rings is 3. The predicted octanol–water partition coefficient (Wildman–Crippen LogP) is 6.80. The van der Waals surface area contributed by atoms with Gasteiger partial charge in [0.1, 0.15) is 0 Å². The van der Waals surface area contributed by atoms with Gasteiger partial charge in [0.15, 0.2) is 5.82 Å². The molecule has 0 saturated carbocycles. The van der Waals surface area contributed by atoms with Gasteiger partial charge in [0.2, 0.25) is 0 Å². The first-order valence-corrected chi connectivity index (χ1v) is 12.4. The van der Waals surface area contributed by atoms with Crippen LogP contribution in [0, 0.1) is 0 Å². The van der Waals surface area contributed by atoms with Gasteiger partial charge in [-0.1, -0.05) is 80.4 Å². The van der Waals surface area contributed by atoms with E-state index in [1.807, 2.05) is 48.5 Å². The number of halogens is 3. The summed E-state index contributed by atoms with van der Waals surface area (Å²) in [6, 6.07) is 20.1. The molecule has 0 fully saturated rings. The van der Waals surface area contributed by atoms with E-state index in [0.717, 1.165) is 52.5 Å². The number of nitrogens with one attached hydrogen (secondary N) is 1. The number of aromatic nitrogens is 4. The Morgan fingerprint density at radius 2 is 1.61 bits per heavy atom. The van der Waals surface area contributed by atoms with E-state index in [1.165, 1.54) is 25.2 Å². The minimum atomic E-state index is -4.56. The maximum absolute atomic E-state index is 13.6. The molecule has 1 aromatic heterocycles. The quantitative estimate of drug-likeness (QED) is 0.245. The van der Waals surface area contributed by atoms with Gasteiger partial charge in [0, 0.05) is 25.7 Å². The van der Waals surface area contributed by atoms with Gasteiger partial charge in [-0.3, -0.25) is 4.90 Å². The number of anilines is 1. The van der Waals surface area contributed by atoms with E-state index >= 15 is 0 Å². The Bertz CT molecular complexity index is 1340. The monoisotopic (exact) mass is 522 g/mol. The van der Waals surface area contributed by atoms with Crippen LogP contribution in [0.3, 0.4) is 0 Å². The number of hydrogen-bond acceptors (Lipinski definition) is 4. The van der Waals surface area contributed by atoms with Crippen molar-refractivity contribution in [3.63, 3.8) is 0 Å². The highest BCUT2D eigenvalue weighted by atomic mass is 19.4. The second-order valence-electron chi connectivity index (χ2n) is 8.98. The second-order valence-corrected chi connectivity index (χ2v) is 8.98. The summed E-state index contributed by atoms with van der Waals surface area (Å²) in [5, 5.41) is 14.1. The molecule has 0 saturated heterocycles. The fourth-order valence-corrected chi connectivity index (χ4v) is 4.34. The van der Waals surface area contributed by atoms with E-state index in [9.17, 15) is 18.0 Å². The van der Waals surface area contributed by atoms with Crippen LogP contribution in [0.15, 0.2) is 72.8 Å². The van der Waals surface area contributed by atoms with Gasteiger partial charge in [-0.25, -0.2) is 9.89 Å². The molecule has 2 amide bonds. The molecule has 198 valence electrons. The molecule has 3 aromatic carbocycles. The van der Waals surface area contributed by atoms with Crippen LogP contribution >= 0.6 is 0 Å². The largest absolute Gasteiger partial charge is 0.418 e. The Morgan fingerprint density at radius 3 is 2.26 bits per heavy atom.